The smallest absolute Gasteiger partial charge is 0.294 e. The average Bonchev–Trinajstić information content (AvgIpc) is 3.42. The van der Waals surface area contributed by atoms with Crippen LogP contribution in [0.3, 0.4) is 0 Å². The van der Waals surface area contributed by atoms with Crippen LogP contribution in [0.5, 0.6) is 11.5 Å². The van der Waals surface area contributed by atoms with Crippen molar-refractivity contribution in [2.75, 3.05) is 0 Å². The van der Waals surface area contributed by atoms with Crippen LogP contribution in [-0.4, -0.2) is 4.98 Å². The second-order valence-corrected chi connectivity index (χ2v) is 8.43. The largest absolute Gasteiger partial charge is 0.444 e. The van der Waals surface area contributed by atoms with Gasteiger partial charge in [0.2, 0.25) is 0 Å². The number of thiazole rings is 1. The Balaban J connectivity index is 1.34. The molecule has 1 aliphatic rings. The van der Waals surface area contributed by atoms with Crippen LogP contribution in [0.1, 0.15) is 11.3 Å². The van der Waals surface area contributed by atoms with E-state index in [0.29, 0.717) is 0 Å². The first-order valence-electron chi connectivity index (χ1n) is 8.64. The summed E-state index contributed by atoms with van der Waals surface area (Å²) in [7, 11) is 0. The summed E-state index contributed by atoms with van der Waals surface area (Å²) in [5.41, 5.74) is 3.27. The van der Waals surface area contributed by atoms with Crippen molar-refractivity contribution >= 4 is 43.0 Å². The maximum absolute atomic E-state index is 6.08. The Morgan fingerprint density at radius 1 is 0.778 bits per heavy atom. The molecule has 0 aliphatic carbocycles. The molecule has 1 unspecified atom stereocenters. The fraction of sp³-hybridized carbons (Fsp3) is 0.0455. The molecule has 2 aromatic heterocycles. The predicted octanol–water partition coefficient (Wildman–Crippen LogP) is 6.65. The minimum Gasteiger partial charge on any atom is -0.444 e. The van der Waals surface area contributed by atoms with E-state index in [1.807, 2.05) is 24.3 Å². The van der Waals surface area contributed by atoms with Gasteiger partial charge in [-0.1, -0.05) is 24.3 Å². The monoisotopic (exact) mass is 387 g/mol. The summed E-state index contributed by atoms with van der Waals surface area (Å²) in [4.78, 5) is 4.66. The topological polar surface area (TPSA) is 31.4 Å². The predicted molar refractivity (Wildman–Crippen MR) is 111 cm³/mol. The molecule has 0 fully saturated rings. The third-order valence-electron chi connectivity index (χ3n) is 4.71. The van der Waals surface area contributed by atoms with E-state index in [1.54, 1.807) is 22.7 Å². The van der Waals surface area contributed by atoms with Crippen LogP contribution in [0, 0.1) is 0 Å². The molecule has 27 heavy (non-hydrogen) atoms. The van der Waals surface area contributed by atoms with Crippen molar-refractivity contribution in [3.63, 3.8) is 0 Å². The molecular formula is C22H13NO2S2. The van der Waals surface area contributed by atoms with Crippen molar-refractivity contribution in [1.29, 1.82) is 0 Å². The lowest BCUT2D eigenvalue weighted by atomic mass is 10.0. The minimum atomic E-state index is -0.480. The van der Waals surface area contributed by atoms with Gasteiger partial charge in [-0.25, -0.2) is 4.98 Å². The maximum Gasteiger partial charge on any atom is 0.294 e. The summed E-state index contributed by atoms with van der Waals surface area (Å²) >= 11 is 3.37. The van der Waals surface area contributed by atoms with Crippen molar-refractivity contribution in [2.45, 2.75) is 6.29 Å². The third kappa shape index (κ3) is 2.51. The highest BCUT2D eigenvalue weighted by Gasteiger charge is 2.29. The summed E-state index contributed by atoms with van der Waals surface area (Å²) < 4.78 is 14.5. The number of ether oxygens (including phenoxy) is 2. The molecule has 5 aromatic rings. The molecule has 0 saturated carbocycles. The van der Waals surface area contributed by atoms with Crippen LogP contribution in [0.25, 0.3) is 31.4 Å². The first-order valence-corrected chi connectivity index (χ1v) is 10.3. The molecular weight excluding hydrogens is 374 g/mol. The van der Waals surface area contributed by atoms with Crippen LogP contribution in [0.2, 0.25) is 0 Å². The van der Waals surface area contributed by atoms with Crippen molar-refractivity contribution in [3.8, 4) is 22.6 Å². The summed E-state index contributed by atoms with van der Waals surface area (Å²) in [6.45, 7) is 0. The molecule has 5 heteroatoms. The van der Waals surface area contributed by atoms with Crippen LogP contribution in [0.15, 0.2) is 72.1 Å². The zero-order chi connectivity index (χ0) is 17.8. The Bertz CT molecular complexity index is 1270. The molecule has 1 atom stereocenters. The minimum absolute atomic E-state index is 0.480. The number of para-hydroxylation sites is 1. The summed E-state index contributed by atoms with van der Waals surface area (Å²) in [6.07, 6.45) is -0.480. The Morgan fingerprint density at radius 2 is 1.63 bits per heavy atom. The van der Waals surface area contributed by atoms with Crippen molar-refractivity contribution in [2.24, 2.45) is 0 Å². The van der Waals surface area contributed by atoms with Gasteiger partial charge in [0.25, 0.3) is 6.29 Å². The van der Waals surface area contributed by atoms with Gasteiger partial charge >= 0.3 is 0 Å². The Hall–Kier alpha value is -2.89. The van der Waals surface area contributed by atoms with E-state index in [1.165, 1.54) is 15.6 Å². The highest BCUT2D eigenvalue weighted by molar-refractivity contribution is 7.18. The lowest BCUT2D eigenvalue weighted by molar-refractivity contribution is 0.0487. The summed E-state index contributed by atoms with van der Waals surface area (Å²) in [5, 5.41) is 4.23. The SMILES string of the molecule is c1ccc2sc(C3Oc4ccc(-c5ccc6sccc6c5)cc4O3)nc2c1. The molecule has 130 valence electrons. The second-order valence-electron chi connectivity index (χ2n) is 6.42. The van der Waals surface area contributed by atoms with Gasteiger partial charge in [0, 0.05) is 4.70 Å². The Morgan fingerprint density at radius 3 is 2.59 bits per heavy atom. The quantitative estimate of drug-likeness (QED) is 0.340. The molecule has 0 radical (unpaired) electrons. The molecule has 0 spiro atoms. The Kier molecular flexibility index (Phi) is 3.27. The zero-order valence-electron chi connectivity index (χ0n) is 14.1. The molecule has 3 aromatic carbocycles. The van der Waals surface area contributed by atoms with E-state index in [-0.39, 0.29) is 0 Å². The van der Waals surface area contributed by atoms with E-state index in [2.05, 4.69) is 52.8 Å². The Labute approximate surface area is 163 Å². The van der Waals surface area contributed by atoms with Crippen molar-refractivity contribution < 1.29 is 9.47 Å². The fourth-order valence-electron chi connectivity index (χ4n) is 3.37. The van der Waals surface area contributed by atoms with Crippen LogP contribution in [0.4, 0.5) is 0 Å². The van der Waals surface area contributed by atoms with E-state index >= 15 is 0 Å². The number of aromatic nitrogens is 1. The summed E-state index contributed by atoms with van der Waals surface area (Å²) in [6, 6.07) is 22.9. The van der Waals surface area contributed by atoms with E-state index in [4.69, 9.17) is 9.47 Å². The van der Waals surface area contributed by atoms with E-state index in [9.17, 15) is 0 Å². The van der Waals surface area contributed by atoms with Crippen LogP contribution in [-0.2, 0) is 0 Å². The molecule has 3 nitrogen and oxygen atoms in total. The van der Waals surface area contributed by atoms with Crippen LogP contribution < -0.4 is 9.47 Å². The zero-order valence-corrected chi connectivity index (χ0v) is 15.7. The van der Waals surface area contributed by atoms with Gasteiger partial charge in [0.1, 0.15) is 0 Å². The highest BCUT2D eigenvalue weighted by Crippen LogP contribution is 2.44. The maximum atomic E-state index is 6.08. The first-order chi connectivity index (χ1) is 13.3. The summed E-state index contributed by atoms with van der Waals surface area (Å²) in [5.74, 6) is 1.53. The lowest BCUT2D eigenvalue weighted by Gasteiger charge is -2.05. The van der Waals surface area contributed by atoms with Gasteiger partial charge < -0.3 is 9.47 Å². The lowest BCUT2D eigenvalue weighted by Crippen LogP contribution is -2.07. The fourth-order valence-corrected chi connectivity index (χ4v) is 5.07. The van der Waals surface area contributed by atoms with Gasteiger partial charge in [-0.05, 0) is 64.4 Å². The van der Waals surface area contributed by atoms with E-state index < -0.39 is 6.29 Å². The third-order valence-corrected chi connectivity index (χ3v) is 6.67. The molecule has 1 aliphatic heterocycles. The number of hydrogen-bond acceptors (Lipinski definition) is 5. The number of thiophene rings is 1. The number of rotatable bonds is 2. The van der Waals surface area contributed by atoms with Gasteiger partial charge in [-0.3, -0.25) is 0 Å². The second kappa shape index (κ2) is 5.81. The number of nitrogens with zero attached hydrogens (tertiary/aromatic N) is 1. The number of benzene rings is 3. The van der Waals surface area contributed by atoms with E-state index in [0.717, 1.165) is 32.3 Å². The van der Waals surface area contributed by atoms with Gasteiger partial charge in [-0.2, -0.15) is 0 Å². The number of hydrogen-bond donors (Lipinski definition) is 0. The highest BCUT2D eigenvalue weighted by atomic mass is 32.1. The molecule has 0 bridgehead atoms. The first kappa shape index (κ1) is 15.2. The standard InChI is InChI=1S/C22H13NO2S2/c1-2-4-20-16(3-1)23-21(27-20)22-24-17-7-5-14(12-18(17)25-22)13-6-8-19-15(11-13)9-10-26-19/h1-12,22H. The van der Waals surface area contributed by atoms with Gasteiger partial charge in [-0.15, -0.1) is 22.7 Å². The van der Waals surface area contributed by atoms with Gasteiger partial charge in [0.05, 0.1) is 10.2 Å². The average molecular weight is 387 g/mol. The molecule has 0 saturated heterocycles. The number of fused-ring (bicyclic) bond motifs is 3. The molecule has 0 N–H and O–H groups in total. The van der Waals surface area contributed by atoms with Crippen molar-refractivity contribution in [3.05, 3.63) is 77.1 Å². The van der Waals surface area contributed by atoms with Crippen LogP contribution >= 0.6 is 22.7 Å². The van der Waals surface area contributed by atoms with Gasteiger partial charge in [0.15, 0.2) is 16.5 Å². The van der Waals surface area contributed by atoms with Crippen molar-refractivity contribution in [1.82, 2.24) is 4.98 Å². The molecule has 6 rings (SSSR count). The molecule has 0 amide bonds. The normalized spacial score (nSPS) is 15.6. The molecule has 3 heterocycles.